The number of nitrogens with one attached hydrogen (secondary N) is 1. The number of hydrogen-bond acceptors (Lipinski definition) is 5. The number of aromatic nitrogens is 3. The van der Waals surface area contributed by atoms with E-state index in [-0.39, 0.29) is 11.9 Å². The number of carbonyl (C=O) groups excluding carboxylic acids is 1. The van der Waals surface area contributed by atoms with Crippen molar-refractivity contribution in [2.24, 2.45) is 0 Å². The van der Waals surface area contributed by atoms with E-state index < -0.39 is 0 Å². The van der Waals surface area contributed by atoms with Gasteiger partial charge in [-0.2, -0.15) is 5.10 Å². The molecule has 1 aromatic carbocycles. The van der Waals surface area contributed by atoms with Gasteiger partial charge in [0.2, 0.25) is 5.91 Å². The van der Waals surface area contributed by atoms with Crippen LogP contribution >= 0.6 is 0 Å². The second kappa shape index (κ2) is 6.10. The van der Waals surface area contributed by atoms with Gasteiger partial charge in [-0.05, 0) is 17.7 Å². The van der Waals surface area contributed by atoms with Crippen LogP contribution in [-0.2, 0) is 11.3 Å². The lowest BCUT2D eigenvalue weighted by Crippen LogP contribution is -2.63. The molecule has 7 heteroatoms. The highest BCUT2D eigenvalue weighted by molar-refractivity contribution is 5.82. The average Bonchev–Trinajstić information content (AvgIpc) is 3.11. The van der Waals surface area contributed by atoms with Crippen molar-refractivity contribution in [2.45, 2.75) is 12.6 Å². The monoisotopic (exact) mass is 312 g/mol. The number of carbonyl (C=O) groups is 1. The molecule has 0 saturated carbocycles. The number of rotatable bonds is 3. The van der Waals surface area contributed by atoms with Crippen LogP contribution in [0.4, 0.5) is 0 Å². The van der Waals surface area contributed by atoms with Crippen molar-refractivity contribution < 1.29 is 4.79 Å². The fourth-order valence-electron chi connectivity index (χ4n) is 3.33. The SMILES string of the molecule is O=C1NCCN2CCN(Cc3ccc(-n4cncn4)cc3)C[C@H]12. The van der Waals surface area contributed by atoms with Gasteiger partial charge < -0.3 is 5.32 Å². The van der Waals surface area contributed by atoms with Crippen molar-refractivity contribution in [3.63, 3.8) is 0 Å². The molecule has 1 N–H and O–H groups in total. The lowest BCUT2D eigenvalue weighted by Gasteiger charge is -2.43. The van der Waals surface area contributed by atoms with Gasteiger partial charge in [-0.25, -0.2) is 9.67 Å². The molecule has 0 aliphatic carbocycles. The molecule has 1 aromatic heterocycles. The summed E-state index contributed by atoms with van der Waals surface area (Å²) in [4.78, 5) is 20.6. The molecule has 4 rings (SSSR count). The number of hydrogen-bond donors (Lipinski definition) is 1. The van der Waals surface area contributed by atoms with E-state index in [4.69, 9.17) is 0 Å². The predicted molar refractivity (Wildman–Crippen MR) is 85.0 cm³/mol. The van der Waals surface area contributed by atoms with Crippen LogP contribution in [0.5, 0.6) is 0 Å². The molecule has 7 nitrogen and oxygen atoms in total. The van der Waals surface area contributed by atoms with Gasteiger partial charge in [-0.15, -0.1) is 0 Å². The van der Waals surface area contributed by atoms with Crippen molar-refractivity contribution in [1.29, 1.82) is 0 Å². The third-order valence-electron chi connectivity index (χ3n) is 4.60. The summed E-state index contributed by atoms with van der Waals surface area (Å²) in [5.74, 6) is 0.169. The van der Waals surface area contributed by atoms with E-state index in [1.54, 1.807) is 11.0 Å². The maximum Gasteiger partial charge on any atom is 0.238 e. The molecular weight excluding hydrogens is 292 g/mol. The Morgan fingerprint density at radius 1 is 1.17 bits per heavy atom. The molecule has 2 saturated heterocycles. The van der Waals surface area contributed by atoms with Gasteiger partial charge in [0.1, 0.15) is 18.7 Å². The molecule has 1 atom stereocenters. The lowest BCUT2D eigenvalue weighted by atomic mass is 10.1. The largest absolute Gasteiger partial charge is 0.353 e. The maximum atomic E-state index is 12.0. The molecule has 2 aromatic rings. The highest BCUT2D eigenvalue weighted by atomic mass is 16.2. The Labute approximate surface area is 134 Å². The standard InChI is InChI=1S/C16H20N6O/c23-16-15-10-20(7-8-21(15)6-5-18-16)9-13-1-3-14(4-2-13)22-12-17-11-19-22/h1-4,11-12,15H,5-10H2,(H,18,23)/t15-/m1/s1. The molecule has 0 spiro atoms. The molecule has 0 bridgehead atoms. The minimum absolute atomic E-state index is 0.00641. The number of piperazine rings is 2. The Morgan fingerprint density at radius 3 is 2.83 bits per heavy atom. The first-order valence-corrected chi connectivity index (χ1v) is 7.98. The van der Waals surface area contributed by atoms with E-state index >= 15 is 0 Å². The van der Waals surface area contributed by atoms with Gasteiger partial charge in [0.05, 0.1) is 5.69 Å². The molecular formula is C16H20N6O. The Hall–Kier alpha value is -2.25. The van der Waals surface area contributed by atoms with E-state index in [1.807, 2.05) is 12.1 Å². The molecule has 0 radical (unpaired) electrons. The van der Waals surface area contributed by atoms with Crippen molar-refractivity contribution in [1.82, 2.24) is 29.9 Å². The van der Waals surface area contributed by atoms with Crippen LogP contribution in [-0.4, -0.2) is 69.2 Å². The van der Waals surface area contributed by atoms with Gasteiger partial charge in [-0.3, -0.25) is 14.6 Å². The van der Waals surface area contributed by atoms with Crippen LogP contribution in [0.1, 0.15) is 5.56 Å². The van der Waals surface area contributed by atoms with Crippen molar-refractivity contribution in [3.8, 4) is 5.69 Å². The van der Waals surface area contributed by atoms with Gasteiger partial charge in [-0.1, -0.05) is 12.1 Å². The smallest absolute Gasteiger partial charge is 0.238 e. The summed E-state index contributed by atoms with van der Waals surface area (Å²) in [5, 5.41) is 7.10. The number of amides is 1. The van der Waals surface area contributed by atoms with Crippen molar-refractivity contribution in [2.75, 3.05) is 32.7 Å². The Balaban J connectivity index is 1.41. The zero-order chi connectivity index (χ0) is 15.6. The van der Waals surface area contributed by atoms with Crippen molar-refractivity contribution >= 4 is 5.91 Å². The molecule has 2 aliphatic rings. The first-order chi connectivity index (χ1) is 11.3. The molecule has 3 heterocycles. The minimum Gasteiger partial charge on any atom is -0.353 e. The first kappa shape index (κ1) is 14.3. The number of nitrogens with zero attached hydrogens (tertiary/aromatic N) is 5. The summed E-state index contributed by atoms with van der Waals surface area (Å²) in [6.45, 7) is 5.39. The second-order valence-corrected chi connectivity index (χ2v) is 6.08. The predicted octanol–water partition coefficient (Wildman–Crippen LogP) is -0.117. The van der Waals surface area contributed by atoms with Crippen LogP contribution in [0.15, 0.2) is 36.9 Å². The summed E-state index contributed by atoms with van der Waals surface area (Å²) >= 11 is 0. The molecule has 0 unspecified atom stereocenters. The van der Waals surface area contributed by atoms with Crippen LogP contribution < -0.4 is 5.32 Å². The third-order valence-corrected chi connectivity index (χ3v) is 4.60. The Kier molecular flexibility index (Phi) is 3.80. The Morgan fingerprint density at radius 2 is 2.04 bits per heavy atom. The Bertz CT molecular complexity index is 668. The van der Waals surface area contributed by atoms with Crippen LogP contribution in [0.25, 0.3) is 5.69 Å². The molecule has 2 aliphatic heterocycles. The van der Waals surface area contributed by atoms with Crippen LogP contribution in [0.3, 0.4) is 0 Å². The molecule has 1 amide bonds. The highest BCUT2D eigenvalue weighted by Crippen LogP contribution is 2.16. The number of fused-ring (bicyclic) bond motifs is 1. The van der Waals surface area contributed by atoms with E-state index in [0.29, 0.717) is 0 Å². The average molecular weight is 312 g/mol. The summed E-state index contributed by atoms with van der Waals surface area (Å²) in [7, 11) is 0. The van der Waals surface area contributed by atoms with E-state index in [9.17, 15) is 4.79 Å². The maximum absolute atomic E-state index is 12.0. The minimum atomic E-state index is 0.00641. The summed E-state index contributed by atoms with van der Waals surface area (Å²) in [6, 6.07) is 8.34. The summed E-state index contributed by atoms with van der Waals surface area (Å²) in [6.07, 6.45) is 3.22. The topological polar surface area (TPSA) is 66.3 Å². The van der Waals surface area contributed by atoms with E-state index in [1.165, 1.54) is 11.9 Å². The normalized spacial score (nSPS) is 22.6. The molecule has 23 heavy (non-hydrogen) atoms. The fraction of sp³-hybridized carbons (Fsp3) is 0.438. The van der Waals surface area contributed by atoms with Crippen LogP contribution in [0, 0.1) is 0 Å². The fourth-order valence-corrected chi connectivity index (χ4v) is 3.33. The van der Waals surface area contributed by atoms with Gasteiger partial charge >= 0.3 is 0 Å². The lowest BCUT2D eigenvalue weighted by molar-refractivity contribution is -0.131. The van der Waals surface area contributed by atoms with Gasteiger partial charge in [0.15, 0.2) is 0 Å². The quantitative estimate of drug-likeness (QED) is 0.856. The summed E-state index contributed by atoms with van der Waals surface area (Å²) < 4.78 is 1.74. The van der Waals surface area contributed by atoms with Crippen LogP contribution in [0.2, 0.25) is 0 Å². The van der Waals surface area contributed by atoms with E-state index in [2.05, 4.69) is 37.3 Å². The molecule has 120 valence electrons. The van der Waals surface area contributed by atoms with Gasteiger partial charge in [0, 0.05) is 39.3 Å². The highest BCUT2D eigenvalue weighted by Gasteiger charge is 2.34. The zero-order valence-corrected chi connectivity index (χ0v) is 12.9. The summed E-state index contributed by atoms with van der Waals surface area (Å²) in [5.41, 5.74) is 2.25. The number of benzene rings is 1. The molecule has 2 fully saturated rings. The van der Waals surface area contributed by atoms with E-state index in [0.717, 1.165) is 45.0 Å². The van der Waals surface area contributed by atoms with Gasteiger partial charge in [0.25, 0.3) is 0 Å². The zero-order valence-electron chi connectivity index (χ0n) is 12.9. The first-order valence-electron chi connectivity index (χ1n) is 7.98. The third kappa shape index (κ3) is 2.97. The second-order valence-electron chi connectivity index (χ2n) is 6.08. The van der Waals surface area contributed by atoms with Crippen molar-refractivity contribution in [3.05, 3.63) is 42.5 Å².